The molecule has 1 atom stereocenters. The minimum absolute atomic E-state index is 0.0516. The first-order valence-electron chi connectivity index (χ1n) is 7.52. The monoisotopic (exact) mass is 303 g/mol. The number of nitrogens with two attached hydrogens (primary N) is 1. The van der Waals surface area contributed by atoms with Crippen molar-refractivity contribution in [2.45, 2.75) is 37.0 Å². The van der Waals surface area contributed by atoms with Crippen molar-refractivity contribution in [2.75, 3.05) is 5.75 Å². The molecule has 112 valence electrons. The van der Waals surface area contributed by atoms with Crippen molar-refractivity contribution in [2.24, 2.45) is 5.73 Å². The van der Waals surface area contributed by atoms with Crippen LogP contribution in [0.4, 0.5) is 0 Å². The molecule has 2 aromatic rings. The fourth-order valence-electron chi connectivity index (χ4n) is 3.17. The van der Waals surface area contributed by atoms with Crippen LogP contribution in [0, 0.1) is 0 Å². The van der Waals surface area contributed by atoms with Gasteiger partial charge in [-0.3, -0.25) is 0 Å². The van der Waals surface area contributed by atoms with Crippen molar-refractivity contribution in [1.82, 2.24) is 0 Å². The lowest BCUT2D eigenvalue weighted by Gasteiger charge is -2.17. The van der Waals surface area contributed by atoms with Crippen LogP contribution in [-0.4, -0.2) is 19.4 Å². The Hall–Kier alpha value is -1.39. The first-order valence-corrected chi connectivity index (χ1v) is 9.24. The average molecular weight is 303 g/mol. The number of hydrogen-bond donors (Lipinski definition) is 1. The summed E-state index contributed by atoms with van der Waals surface area (Å²) < 4.78 is 24.8. The van der Waals surface area contributed by atoms with Gasteiger partial charge in [0.2, 0.25) is 0 Å². The molecule has 0 aliphatic heterocycles. The average Bonchev–Trinajstić information content (AvgIpc) is 3.01. The second-order valence-electron chi connectivity index (χ2n) is 5.95. The summed E-state index contributed by atoms with van der Waals surface area (Å²) >= 11 is 0. The van der Waals surface area contributed by atoms with Gasteiger partial charge in [-0.2, -0.15) is 0 Å². The predicted molar refractivity (Wildman–Crippen MR) is 86.9 cm³/mol. The largest absolute Gasteiger partial charge is 0.323 e. The molecule has 0 amide bonds. The van der Waals surface area contributed by atoms with E-state index in [1.165, 1.54) is 0 Å². The minimum atomic E-state index is -3.09. The molecule has 1 unspecified atom stereocenters. The molecule has 3 nitrogen and oxygen atoms in total. The molecule has 2 N–H and O–H groups in total. The van der Waals surface area contributed by atoms with Gasteiger partial charge in [-0.05, 0) is 35.2 Å². The highest BCUT2D eigenvalue weighted by Gasteiger charge is 2.30. The highest BCUT2D eigenvalue weighted by atomic mass is 32.2. The zero-order chi connectivity index (χ0) is 14.9. The van der Waals surface area contributed by atoms with Crippen LogP contribution in [0.5, 0.6) is 0 Å². The Morgan fingerprint density at radius 3 is 2.43 bits per heavy atom. The summed E-state index contributed by atoms with van der Waals surface area (Å²) in [6.45, 7) is 0. The highest BCUT2D eigenvalue weighted by Crippen LogP contribution is 2.28. The molecule has 1 aliphatic rings. The third-order valence-corrected chi connectivity index (χ3v) is 6.73. The molecule has 1 aliphatic carbocycles. The van der Waals surface area contributed by atoms with Gasteiger partial charge in [0.15, 0.2) is 9.84 Å². The molecule has 0 saturated heterocycles. The lowest BCUT2D eigenvalue weighted by molar-refractivity contribution is 0.572. The van der Waals surface area contributed by atoms with Crippen molar-refractivity contribution < 1.29 is 8.42 Å². The van der Waals surface area contributed by atoms with Crippen LogP contribution in [0.3, 0.4) is 0 Å². The fourth-order valence-corrected chi connectivity index (χ4v) is 5.19. The maximum Gasteiger partial charge on any atom is 0.155 e. The van der Waals surface area contributed by atoms with Gasteiger partial charge in [0.05, 0.1) is 11.0 Å². The summed E-state index contributed by atoms with van der Waals surface area (Å²) in [4.78, 5) is 0. The normalized spacial score (nSPS) is 18.1. The van der Waals surface area contributed by atoms with Gasteiger partial charge in [0.1, 0.15) is 0 Å². The molecule has 4 heteroatoms. The van der Waals surface area contributed by atoms with Gasteiger partial charge in [0, 0.05) is 6.04 Å². The zero-order valence-corrected chi connectivity index (χ0v) is 12.9. The maximum atomic E-state index is 12.4. The van der Waals surface area contributed by atoms with Gasteiger partial charge in [-0.1, -0.05) is 49.2 Å². The van der Waals surface area contributed by atoms with E-state index >= 15 is 0 Å². The molecule has 0 radical (unpaired) electrons. The molecule has 0 aromatic heterocycles. The molecule has 0 heterocycles. The molecule has 2 aromatic carbocycles. The fraction of sp³-hybridized carbons (Fsp3) is 0.412. The van der Waals surface area contributed by atoms with Crippen molar-refractivity contribution in [1.29, 1.82) is 0 Å². The Morgan fingerprint density at radius 1 is 1.05 bits per heavy atom. The molecule has 0 spiro atoms. The van der Waals surface area contributed by atoms with Gasteiger partial charge in [0.25, 0.3) is 0 Å². The van der Waals surface area contributed by atoms with Gasteiger partial charge >= 0.3 is 0 Å². The molecule has 3 rings (SSSR count). The summed E-state index contributed by atoms with van der Waals surface area (Å²) in [5.41, 5.74) is 7.06. The van der Waals surface area contributed by atoms with E-state index in [1.54, 1.807) is 0 Å². The number of rotatable bonds is 4. The summed E-state index contributed by atoms with van der Waals surface area (Å²) in [6, 6.07) is 13.5. The third-order valence-electron chi connectivity index (χ3n) is 4.42. The predicted octanol–water partition coefficient (Wildman–Crippen LogP) is 3.20. The van der Waals surface area contributed by atoms with Gasteiger partial charge in [-0.15, -0.1) is 0 Å². The summed E-state index contributed by atoms with van der Waals surface area (Å²) in [7, 11) is -3.09. The van der Waals surface area contributed by atoms with Crippen LogP contribution in [0.1, 0.15) is 37.3 Å². The zero-order valence-electron chi connectivity index (χ0n) is 12.0. The Labute approximate surface area is 126 Å². The smallest absolute Gasteiger partial charge is 0.155 e. The molecule has 0 bridgehead atoms. The summed E-state index contributed by atoms with van der Waals surface area (Å²) in [6.07, 6.45) is 3.64. The summed E-state index contributed by atoms with van der Waals surface area (Å²) in [5.74, 6) is 0.0516. The lowest BCUT2D eigenvalue weighted by Crippen LogP contribution is -2.28. The number of sulfone groups is 1. The second kappa shape index (κ2) is 5.78. The molecular formula is C17H21NO2S. The van der Waals surface area contributed by atoms with Crippen LogP contribution in [-0.2, 0) is 9.84 Å². The number of benzene rings is 2. The van der Waals surface area contributed by atoms with Crippen molar-refractivity contribution in [3.05, 3.63) is 48.0 Å². The van der Waals surface area contributed by atoms with E-state index in [0.717, 1.165) is 42.0 Å². The Morgan fingerprint density at radius 2 is 1.71 bits per heavy atom. The number of fused-ring (bicyclic) bond motifs is 1. The minimum Gasteiger partial charge on any atom is -0.323 e. The van der Waals surface area contributed by atoms with Gasteiger partial charge in [-0.25, -0.2) is 8.42 Å². The molecule has 21 heavy (non-hydrogen) atoms. The van der Waals surface area contributed by atoms with E-state index < -0.39 is 15.9 Å². The van der Waals surface area contributed by atoms with Crippen LogP contribution in [0.2, 0.25) is 0 Å². The standard InChI is InChI=1S/C17H21NO2S/c18-17(12-21(19,20)16-7-3-4-8-16)15-10-9-13-5-1-2-6-14(13)11-15/h1-2,5-6,9-11,16-17H,3-4,7-8,12,18H2. The van der Waals surface area contributed by atoms with E-state index in [1.807, 2.05) is 42.5 Å². The first-order chi connectivity index (χ1) is 10.1. The second-order valence-corrected chi connectivity index (χ2v) is 8.27. The highest BCUT2D eigenvalue weighted by molar-refractivity contribution is 7.92. The maximum absolute atomic E-state index is 12.4. The Kier molecular flexibility index (Phi) is 4.00. The molecular weight excluding hydrogens is 282 g/mol. The van der Waals surface area contributed by atoms with E-state index in [2.05, 4.69) is 0 Å². The Bertz CT molecular complexity index is 733. The number of hydrogen-bond acceptors (Lipinski definition) is 3. The van der Waals surface area contributed by atoms with Crippen LogP contribution in [0.15, 0.2) is 42.5 Å². The molecule has 1 fully saturated rings. The van der Waals surface area contributed by atoms with E-state index in [9.17, 15) is 8.42 Å². The quantitative estimate of drug-likeness (QED) is 0.943. The van der Waals surface area contributed by atoms with Crippen molar-refractivity contribution >= 4 is 20.6 Å². The van der Waals surface area contributed by atoms with Crippen LogP contribution < -0.4 is 5.73 Å². The SMILES string of the molecule is NC(CS(=O)(=O)C1CCCC1)c1ccc2ccccc2c1. The molecule has 1 saturated carbocycles. The van der Waals surface area contributed by atoms with Crippen molar-refractivity contribution in [3.63, 3.8) is 0 Å². The Balaban J connectivity index is 1.81. The first kappa shape index (κ1) is 14.5. The van der Waals surface area contributed by atoms with Crippen molar-refractivity contribution in [3.8, 4) is 0 Å². The van der Waals surface area contributed by atoms with E-state index in [0.29, 0.717) is 0 Å². The topological polar surface area (TPSA) is 60.2 Å². The van der Waals surface area contributed by atoms with Crippen LogP contribution >= 0.6 is 0 Å². The van der Waals surface area contributed by atoms with E-state index in [4.69, 9.17) is 5.73 Å². The lowest BCUT2D eigenvalue weighted by atomic mass is 10.0. The third kappa shape index (κ3) is 3.11. The summed E-state index contributed by atoms with van der Waals surface area (Å²) in [5, 5.41) is 2.07. The van der Waals surface area contributed by atoms with E-state index in [-0.39, 0.29) is 11.0 Å². The van der Waals surface area contributed by atoms with Crippen LogP contribution in [0.25, 0.3) is 10.8 Å². The van der Waals surface area contributed by atoms with Gasteiger partial charge < -0.3 is 5.73 Å².